The van der Waals surface area contributed by atoms with Crippen LogP contribution in [-0.2, 0) is 0 Å². The average Bonchev–Trinajstić information content (AvgIpc) is 0.811. The van der Waals surface area contributed by atoms with Crippen molar-refractivity contribution in [3.05, 3.63) is 0 Å². The van der Waals surface area contributed by atoms with Gasteiger partial charge in [-0.2, -0.15) is 0 Å². The Labute approximate surface area is 42.5 Å². The maximum absolute atomic E-state index is 4.88. The number of rotatable bonds is 0. The lowest BCUT2D eigenvalue weighted by Crippen LogP contribution is -1.98. The fourth-order valence-corrected chi connectivity index (χ4v) is 0. The highest BCUT2D eigenvalue weighted by atomic mass is 127. The van der Waals surface area contributed by atoms with Gasteiger partial charge in [-0.1, -0.05) is 0 Å². The van der Waals surface area contributed by atoms with E-state index < -0.39 is 0 Å². The van der Waals surface area contributed by atoms with Crippen LogP contribution in [0.25, 0.3) is 0 Å². The van der Waals surface area contributed by atoms with E-state index in [2.05, 4.69) is 0 Å². The Morgan fingerprint density at radius 2 is 2.00 bits per heavy atom. The van der Waals surface area contributed by atoms with Gasteiger partial charge >= 0.3 is 0 Å². The van der Waals surface area contributed by atoms with E-state index in [4.69, 9.17) is 15.5 Å². The minimum atomic E-state index is -0.197. The van der Waals surface area contributed by atoms with Gasteiger partial charge < -0.3 is 7.74 Å². The summed E-state index contributed by atoms with van der Waals surface area (Å²) in [5, 5.41) is 0. The number of hydrogen-bond donors (Lipinski definition) is 0. The molecule has 0 atom stereocenters. The Bertz CT molecular complexity index is 8.00. The molecule has 0 aromatic heterocycles. The second-order valence-electron chi connectivity index (χ2n) is 0.444. The van der Waals surface area contributed by atoms with E-state index in [0.29, 0.717) is 0 Å². The molecule has 0 aromatic carbocycles. The molecular formula is B3I-. The highest BCUT2D eigenvalue weighted by molar-refractivity contribution is 14.1. The van der Waals surface area contributed by atoms with Gasteiger partial charge in [-0.15, -0.1) is 4.35 Å². The van der Waals surface area contributed by atoms with Gasteiger partial charge in [0.25, 0.3) is 0 Å². The molecule has 0 unspecified atom stereocenters. The first kappa shape index (κ1) is 4.92. The molecule has 0 nitrogen and oxygen atoms in total. The van der Waals surface area contributed by atoms with Gasteiger partial charge in [0.2, 0.25) is 0 Å². The minimum absolute atomic E-state index is 0.197. The highest BCUT2D eigenvalue weighted by Crippen LogP contribution is 1.74. The zero-order valence-electron chi connectivity index (χ0n) is 2.11. The quantitative estimate of drug-likeness (QED) is 0.338. The molecule has 0 saturated carbocycles. The van der Waals surface area contributed by atoms with Crippen LogP contribution >= 0.6 is 22.4 Å². The van der Waals surface area contributed by atoms with Crippen LogP contribution in [0, 0.1) is 0 Å². The van der Waals surface area contributed by atoms with Crippen molar-refractivity contribution >= 4 is 42.2 Å². The van der Waals surface area contributed by atoms with Crippen LogP contribution in [0.3, 0.4) is 0 Å². The molecule has 4 heavy (non-hydrogen) atoms. The lowest BCUT2D eigenvalue weighted by atomic mass is 9.39. The Balaban J connectivity index is 2.32. The lowest BCUT2D eigenvalue weighted by Gasteiger charge is -1.96. The second kappa shape index (κ2) is 2.18. The van der Waals surface area contributed by atoms with E-state index >= 15 is 0 Å². The normalized spacial score (nSPS) is 6.50. The van der Waals surface area contributed by atoms with Crippen LogP contribution in [0.1, 0.15) is 0 Å². The van der Waals surface area contributed by atoms with E-state index in [-0.39, 0.29) is 4.35 Å². The van der Waals surface area contributed by atoms with Gasteiger partial charge in [0.05, 0.1) is 0 Å². The summed E-state index contributed by atoms with van der Waals surface area (Å²) in [4.78, 5) is 0. The van der Waals surface area contributed by atoms with E-state index in [0.717, 1.165) is 0 Å². The zero-order valence-corrected chi connectivity index (χ0v) is 4.27. The monoisotopic (exact) mass is 160 g/mol. The van der Waals surface area contributed by atoms with Crippen LogP contribution in [0.15, 0.2) is 0 Å². The molecule has 0 spiro atoms. The Morgan fingerprint density at radius 1 is 2.00 bits per heavy atom. The summed E-state index contributed by atoms with van der Waals surface area (Å²) >= 11 is 1.90. The molecule has 0 amide bonds. The lowest BCUT2D eigenvalue weighted by molar-refractivity contribution is 4.29. The van der Waals surface area contributed by atoms with Crippen molar-refractivity contribution in [1.29, 1.82) is 0 Å². The molecule has 0 aliphatic heterocycles. The maximum Gasteiger partial charge on any atom is -0.0183 e. The molecule has 0 saturated heterocycles. The summed E-state index contributed by atoms with van der Waals surface area (Å²) in [5.74, 6) is 0. The molecule has 0 fully saturated rings. The summed E-state index contributed by atoms with van der Waals surface area (Å²) in [6, 6.07) is 0. The Kier molecular flexibility index (Phi) is 2.68. The molecule has 17 valence electrons. The molecule has 0 bridgehead atoms. The van der Waals surface area contributed by atoms with Crippen LogP contribution in [0.4, 0.5) is 0 Å². The predicted octanol–water partition coefficient (Wildman–Crippen LogP) is -0.257. The van der Waals surface area contributed by atoms with E-state index in [9.17, 15) is 0 Å². The van der Waals surface area contributed by atoms with E-state index in [1.54, 1.807) is 0 Å². The molecule has 0 aromatic rings. The van der Waals surface area contributed by atoms with Crippen LogP contribution in [0.5, 0.6) is 0 Å². The van der Waals surface area contributed by atoms with Gasteiger partial charge in [0, 0.05) is 0 Å². The van der Waals surface area contributed by atoms with Crippen molar-refractivity contribution in [2.24, 2.45) is 0 Å². The van der Waals surface area contributed by atoms with Gasteiger partial charge in [0.15, 0.2) is 0 Å². The van der Waals surface area contributed by atoms with E-state index in [1.807, 2.05) is 22.4 Å². The second-order valence-corrected chi connectivity index (χ2v) is 1.88. The van der Waals surface area contributed by atoms with Gasteiger partial charge in [0.1, 0.15) is 0 Å². The third-order valence-corrected chi connectivity index (χ3v) is 0. The van der Waals surface area contributed by atoms with Crippen molar-refractivity contribution in [2.45, 2.75) is 0 Å². The first-order valence-electron chi connectivity index (χ1n) is 0.885. The average molecular weight is 159 g/mol. The van der Waals surface area contributed by atoms with E-state index in [1.165, 1.54) is 0 Å². The summed E-state index contributed by atoms with van der Waals surface area (Å²) in [6.45, 7) is 0. The summed E-state index contributed by atoms with van der Waals surface area (Å²) in [7, 11) is 9.75. The molecule has 0 N–H and O–H groups in total. The molecule has 0 aliphatic rings. The third kappa shape index (κ3) is 12.7. The maximum atomic E-state index is 4.88. The molecule has 4 heteroatoms. The standard InChI is InChI=1S/B3I/c1-3(2)4/q-1. The first-order chi connectivity index (χ1) is 1.73. The predicted molar refractivity (Wildman–Crippen MR) is 31.3 cm³/mol. The first-order valence-corrected chi connectivity index (χ1v) is 2.13. The van der Waals surface area contributed by atoms with Crippen LogP contribution < -0.4 is 0 Å². The Morgan fingerprint density at radius 3 is 2.00 bits per heavy atom. The van der Waals surface area contributed by atoms with Crippen LogP contribution in [0.2, 0.25) is 0 Å². The van der Waals surface area contributed by atoms with Crippen molar-refractivity contribution in [3.63, 3.8) is 0 Å². The smallest absolute Gasteiger partial charge is 0.0183 e. The molecular weight excluding hydrogens is 159 g/mol. The minimum Gasteiger partial charge on any atom is -0.662 e. The summed E-state index contributed by atoms with van der Waals surface area (Å²) in [5.41, 5.74) is 0. The topological polar surface area (TPSA) is 0 Å². The molecule has 0 heterocycles. The highest BCUT2D eigenvalue weighted by Gasteiger charge is 1.55. The molecule has 0 rings (SSSR count). The van der Waals surface area contributed by atoms with Gasteiger partial charge in [-0.05, 0) is 7.74 Å². The Hall–Kier alpha value is 0.925. The molecule has 0 aliphatic carbocycles. The van der Waals surface area contributed by atoms with Crippen LogP contribution in [-0.4, -0.2) is 19.8 Å². The fourth-order valence-electron chi connectivity index (χ4n) is 0. The van der Waals surface area contributed by atoms with Crippen molar-refractivity contribution in [3.8, 4) is 0 Å². The summed E-state index contributed by atoms with van der Waals surface area (Å²) < 4.78 is -0.197. The van der Waals surface area contributed by atoms with Crippen molar-refractivity contribution in [1.82, 2.24) is 0 Å². The largest absolute Gasteiger partial charge is 0.662 e. The van der Waals surface area contributed by atoms with Crippen molar-refractivity contribution in [2.75, 3.05) is 0 Å². The number of hydrogen-bond acceptors (Lipinski definition) is 0. The van der Waals surface area contributed by atoms with Gasteiger partial charge in [-0.25, -0.2) is 22.4 Å². The third-order valence-electron chi connectivity index (χ3n) is 0. The van der Waals surface area contributed by atoms with Crippen molar-refractivity contribution < 1.29 is 0 Å². The zero-order chi connectivity index (χ0) is 3.58. The summed E-state index contributed by atoms with van der Waals surface area (Å²) in [6.07, 6.45) is 0. The van der Waals surface area contributed by atoms with Gasteiger partial charge in [-0.3, -0.25) is 0 Å². The SMILES string of the molecule is [B]B([B-])I. The number of halogens is 1. The fraction of sp³-hybridized carbons (Fsp3) is 0. The molecule has 5 radical (unpaired) electrons.